The van der Waals surface area contributed by atoms with Crippen molar-refractivity contribution >= 4 is 11.7 Å². The molecule has 3 rings (SSSR count). The quantitative estimate of drug-likeness (QED) is 0.886. The van der Waals surface area contributed by atoms with Crippen LogP contribution in [0.4, 0.5) is 5.82 Å². The van der Waals surface area contributed by atoms with Gasteiger partial charge < -0.3 is 20.4 Å². The fourth-order valence-electron chi connectivity index (χ4n) is 2.86. The van der Waals surface area contributed by atoms with Crippen molar-refractivity contribution in [3.8, 4) is 0 Å². The Kier molecular flexibility index (Phi) is 4.87. The monoisotopic (exact) mass is 315 g/mol. The smallest absolute Gasteiger partial charge is 0.290 e. The molecular weight excluding hydrogens is 294 g/mol. The zero-order valence-electron chi connectivity index (χ0n) is 12.9. The standard InChI is InChI=1S/C16H21N5O2/c17-14-6-9-19-15(20-14)11-21(12-3-1-7-18-8-5-12)16(22)13-4-2-10-23-13/h2,4,6,9-10,12,18H,1,3,5,7-8,11H2,(H2,17,19,20). The summed E-state index contributed by atoms with van der Waals surface area (Å²) in [4.78, 5) is 23.1. The third-order valence-corrected chi connectivity index (χ3v) is 4.02. The van der Waals surface area contributed by atoms with Gasteiger partial charge in [-0.3, -0.25) is 4.79 Å². The Balaban J connectivity index is 1.84. The number of carbonyl (C=O) groups is 1. The van der Waals surface area contributed by atoms with Gasteiger partial charge in [-0.25, -0.2) is 9.97 Å². The number of hydrogen-bond acceptors (Lipinski definition) is 6. The lowest BCUT2D eigenvalue weighted by molar-refractivity contribution is 0.0606. The van der Waals surface area contributed by atoms with Crippen molar-refractivity contribution in [1.82, 2.24) is 20.2 Å². The third-order valence-electron chi connectivity index (χ3n) is 4.02. The van der Waals surface area contributed by atoms with Gasteiger partial charge in [0.15, 0.2) is 5.76 Å². The molecule has 1 unspecified atom stereocenters. The van der Waals surface area contributed by atoms with Crippen molar-refractivity contribution in [2.75, 3.05) is 18.8 Å². The average molecular weight is 315 g/mol. The molecule has 1 fully saturated rings. The molecule has 1 aliphatic rings. The van der Waals surface area contributed by atoms with Crippen LogP contribution in [0, 0.1) is 0 Å². The molecule has 7 heteroatoms. The van der Waals surface area contributed by atoms with Crippen LogP contribution in [0.5, 0.6) is 0 Å². The zero-order chi connectivity index (χ0) is 16.1. The highest BCUT2D eigenvalue weighted by molar-refractivity contribution is 5.91. The molecule has 3 heterocycles. The lowest BCUT2D eigenvalue weighted by atomic mass is 10.1. The number of aromatic nitrogens is 2. The predicted octanol–water partition coefficient (Wildman–Crippen LogP) is 1.44. The fourth-order valence-corrected chi connectivity index (χ4v) is 2.86. The number of rotatable bonds is 4. The van der Waals surface area contributed by atoms with E-state index in [4.69, 9.17) is 10.2 Å². The first-order valence-electron chi connectivity index (χ1n) is 7.86. The second kappa shape index (κ2) is 7.23. The van der Waals surface area contributed by atoms with Crippen LogP contribution < -0.4 is 11.1 Å². The molecule has 1 atom stereocenters. The molecule has 122 valence electrons. The molecule has 1 saturated heterocycles. The number of amides is 1. The second-order valence-electron chi connectivity index (χ2n) is 5.64. The molecule has 0 radical (unpaired) electrons. The van der Waals surface area contributed by atoms with E-state index >= 15 is 0 Å². The van der Waals surface area contributed by atoms with Crippen LogP contribution in [0.15, 0.2) is 35.1 Å². The van der Waals surface area contributed by atoms with E-state index in [1.54, 1.807) is 29.3 Å². The van der Waals surface area contributed by atoms with Gasteiger partial charge in [0.2, 0.25) is 0 Å². The fraction of sp³-hybridized carbons (Fsp3) is 0.438. The van der Waals surface area contributed by atoms with Gasteiger partial charge >= 0.3 is 0 Å². The van der Waals surface area contributed by atoms with Crippen LogP contribution in [-0.4, -0.2) is 39.9 Å². The molecule has 23 heavy (non-hydrogen) atoms. The zero-order valence-corrected chi connectivity index (χ0v) is 12.9. The van der Waals surface area contributed by atoms with E-state index in [0.29, 0.717) is 23.9 Å². The number of carbonyl (C=O) groups excluding carboxylic acids is 1. The molecule has 0 bridgehead atoms. The van der Waals surface area contributed by atoms with Gasteiger partial charge in [-0.1, -0.05) is 0 Å². The minimum absolute atomic E-state index is 0.132. The number of anilines is 1. The lowest BCUT2D eigenvalue weighted by Gasteiger charge is -2.29. The molecule has 0 aromatic carbocycles. The summed E-state index contributed by atoms with van der Waals surface area (Å²) in [5.74, 6) is 1.16. The predicted molar refractivity (Wildman–Crippen MR) is 85.5 cm³/mol. The second-order valence-corrected chi connectivity index (χ2v) is 5.64. The van der Waals surface area contributed by atoms with Crippen LogP contribution >= 0.6 is 0 Å². The van der Waals surface area contributed by atoms with Crippen molar-refractivity contribution in [3.05, 3.63) is 42.2 Å². The lowest BCUT2D eigenvalue weighted by Crippen LogP contribution is -2.40. The van der Waals surface area contributed by atoms with Crippen molar-refractivity contribution in [3.63, 3.8) is 0 Å². The van der Waals surface area contributed by atoms with Gasteiger partial charge in [0.1, 0.15) is 11.6 Å². The molecule has 1 amide bonds. The summed E-state index contributed by atoms with van der Waals surface area (Å²) >= 11 is 0. The minimum Gasteiger partial charge on any atom is -0.459 e. The first-order valence-corrected chi connectivity index (χ1v) is 7.86. The SMILES string of the molecule is Nc1ccnc(CN(C(=O)c2ccco2)C2CCCNCC2)n1. The number of nitrogens with two attached hydrogens (primary N) is 1. The highest BCUT2D eigenvalue weighted by Gasteiger charge is 2.28. The summed E-state index contributed by atoms with van der Waals surface area (Å²) in [6.07, 6.45) is 6.00. The van der Waals surface area contributed by atoms with Crippen molar-refractivity contribution in [1.29, 1.82) is 0 Å². The van der Waals surface area contributed by atoms with E-state index in [9.17, 15) is 4.79 Å². The van der Waals surface area contributed by atoms with Crippen molar-refractivity contribution in [2.24, 2.45) is 0 Å². The van der Waals surface area contributed by atoms with Crippen molar-refractivity contribution in [2.45, 2.75) is 31.8 Å². The number of nitrogens with zero attached hydrogens (tertiary/aromatic N) is 3. The normalized spacial score (nSPS) is 18.3. The summed E-state index contributed by atoms with van der Waals surface area (Å²) in [7, 11) is 0. The molecule has 7 nitrogen and oxygen atoms in total. The number of furan rings is 1. The maximum atomic E-state index is 12.8. The van der Waals surface area contributed by atoms with E-state index in [-0.39, 0.29) is 11.9 Å². The van der Waals surface area contributed by atoms with E-state index in [1.165, 1.54) is 6.26 Å². The van der Waals surface area contributed by atoms with Gasteiger partial charge in [0.25, 0.3) is 5.91 Å². The van der Waals surface area contributed by atoms with Crippen LogP contribution in [0.1, 0.15) is 35.6 Å². The molecule has 1 aliphatic heterocycles. The number of nitrogen functional groups attached to an aromatic ring is 1. The van der Waals surface area contributed by atoms with Crippen LogP contribution in [-0.2, 0) is 6.54 Å². The molecule has 2 aromatic heterocycles. The first kappa shape index (κ1) is 15.5. The summed E-state index contributed by atoms with van der Waals surface area (Å²) in [6.45, 7) is 2.20. The van der Waals surface area contributed by atoms with E-state index in [2.05, 4.69) is 15.3 Å². The minimum atomic E-state index is -0.132. The topological polar surface area (TPSA) is 97.3 Å². The largest absolute Gasteiger partial charge is 0.459 e. The molecule has 0 aliphatic carbocycles. The Morgan fingerprint density at radius 2 is 2.30 bits per heavy atom. The molecule has 2 aromatic rings. The van der Waals surface area contributed by atoms with Crippen LogP contribution in [0.25, 0.3) is 0 Å². The molecule has 0 spiro atoms. The third kappa shape index (κ3) is 3.87. The molecule has 0 saturated carbocycles. The van der Waals surface area contributed by atoms with Gasteiger partial charge in [-0.05, 0) is 50.6 Å². The maximum Gasteiger partial charge on any atom is 0.290 e. The van der Waals surface area contributed by atoms with Crippen molar-refractivity contribution < 1.29 is 9.21 Å². The van der Waals surface area contributed by atoms with Crippen LogP contribution in [0.2, 0.25) is 0 Å². The number of hydrogen-bond donors (Lipinski definition) is 2. The number of nitrogens with one attached hydrogen (secondary N) is 1. The van der Waals surface area contributed by atoms with Gasteiger partial charge in [0.05, 0.1) is 12.8 Å². The van der Waals surface area contributed by atoms with Gasteiger partial charge in [0, 0.05) is 12.2 Å². The van der Waals surface area contributed by atoms with E-state index in [1.807, 2.05) is 0 Å². The molecular formula is C16H21N5O2. The summed E-state index contributed by atoms with van der Waals surface area (Å²) in [5.41, 5.74) is 5.73. The van der Waals surface area contributed by atoms with E-state index in [0.717, 1.165) is 32.4 Å². The molecule has 3 N–H and O–H groups in total. The van der Waals surface area contributed by atoms with Gasteiger partial charge in [-0.2, -0.15) is 0 Å². The highest BCUT2D eigenvalue weighted by atomic mass is 16.3. The summed E-state index contributed by atoms with van der Waals surface area (Å²) in [5, 5.41) is 3.37. The van der Waals surface area contributed by atoms with Gasteiger partial charge in [-0.15, -0.1) is 0 Å². The average Bonchev–Trinajstić information content (AvgIpc) is 2.95. The Labute approximate surface area is 134 Å². The Hall–Kier alpha value is -2.41. The Morgan fingerprint density at radius 3 is 3.09 bits per heavy atom. The first-order chi connectivity index (χ1) is 11.2. The van der Waals surface area contributed by atoms with E-state index < -0.39 is 0 Å². The van der Waals surface area contributed by atoms with Crippen LogP contribution in [0.3, 0.4) is 0 Å². The highest BCUT2D eigenvalue weighted by Crippen LogP contribution is 2.19. The maximum absolute atomic E-state index is 12.8. The Morgan fingerprint density at radius 1 is 1.39 bits per heavy atom. The Bertz CT molecular complexity index is 636. The summed E-state index contributed by atoms with van der Waals surface area (Å²) < 4.78 is 5.29. The summed E-state index contributed by atoms with van der Waals surface area (Å²) in [6, 6.07) is 5.17.